The standard InChI is InChI=1S/C9H12N4O2/c1-4-5-6-10-7-11-8(14-2)13-9(12-7)15-3/h6H2,1-3H3,(H,10,11,12,13). The summed E-state index contributed by atoms with van der Waals surface area (Å²) in [5, 5.41) is 2.90. The maximum absolute atomic E-state index is 4.89. The van der Waals surface area contributed by atoms with E-state index in [9.17, 15) is 0 Å². The van der Waals surface area contributed by atoms with Gasteiger partial charge in [0.1, 0.15) is 0 Å². The molecule has 1 heterocycles. The molecular weight excluding hydrogens is 196 g/mol. The lowest BCUT2D eigenvalue weighted by molar-refractivity contribution is 0.341. The highest BCUT2D eigenvalue weighted by atomic mass is 16.5. The van der Waals surface area contributed by atoms with Gasteiger partial charge in [0, 0.05) is 0 Å². The topological polar surface area (TPSA) is 69.2 Å². The molecule has 1 rings (SSSR count). The molecule has 0 atom stereocenters. The molecule has 0 aliphatic carbocycles. The van der Waals surface area contributed by atoms with Crippen LogP contribution in [0.25, 0.3) is 0 Å². The number of anilines is 1. The van der Waals surface area contributed by atoms with E-state index < -0.39 is 0 Å². The Morgan fingerprint density at radius 2 is 1.73 bits per heavy atom. The molecule has 1 N–H and O–H groups in total. The summed E-state index contributed by atoms with van der Waals surface area (Å²) in [6.45, 7) is 2.23. The van der Waals surface area contributed by atoms with Crippen molar-refractivity contribution in [2.24, 2.45) is 0 Å². The van der Waals surface area contributed by atoms with E-state index in [0.717, 1.165) is 0 Å². The molecule has 6 heteroatoms. The Kier molecular flexibility index (Phi) is 4.16. The van der Waals surface area contributed by atoms with E-state index in [2.05, 4.69) is 32.1 Å². The summed E-state index contributed by atoms with van der Waals surface area (Å²) in [5.74, 6) is 5.95. The molecule has 1 aromatic rings. The Hall–Kier alpha value is -2.03. The zero-order valence-electron chi connectivity index (χ0n) is 8.87. The van der Waals surface area contributed by atoms with Gasteiger partial charge in [-0.1, -0.05) is 5.92 Å². The van der Waals surface area contributed by atoms with Gasteiger partial charge in [0.15, 0.2) is 0 Å². The third-order valence-electron chi connectivity index (χ3n) is 1.47. The van der Waals surface area contributed by atoms with Crippen molar-refractivity contribution in [3.05, 3.63) is 0 Å². The number of hydrogen-bond donors (Lipinski definition) is 1. The van der Waals surface area contributed by atoms with Crippen molar-refractivity contribution in [3.8, 4) is 23.9 Å². The van der Waals surface area contributed by atoms with Crippen LogP contribution in [-0.2, 0) is 0 Å². The van der Waals surface area contributed by atoms with Crippen LogP contribution >= 0.6 is 0 Å². The van der Waals surface area contributed by atoms with Crippen molar-refractivity contribution in [1.29, 1.82) is 0 Å². The molecule has 0 saturated carbocycles. The molecule has 0 amide bonds. The first kappa shape index (κ1) is 11.0. The van der Waals surface area contributed by atoms with Crippen LogP contribution in [0.5, 0.6) is 12.0 Å². The predicted molar refractivity (Wildman–Crippen MR) is 54.9 cm³/mol. The van der Waals surface area contributed by atoms with E-state index in [1.165, 1.54) is 14.2 Å². The van der Waals surface area contributed by atoms with Gasteiger partial charge in [-0.15, -0.1) is 10.9 Å². The number of hydrogen-bond acceptors (Lipinski definition) is 6. The van der Waals surface area contributed by atoms with E-state index in [1.54, 1.807) is 6.92 Å². The van der Waals surface area contributed by atoms with E-state index in [-0.39, 0.29) is 12.0 Å². The molecule has 0 aliphatic rings. The number of methoxy groups -OCH3 is 2. The Bertz CT molecular complexity index is 361. The second-order valence-electron chi connectivity index (χ2n) is 2.41. The molecule has 1 aromatic heterocycles. The van der Waals surface area contributed by atoms with Crippen LogP contribution in [0.2, 0.25) is 0 Å². The highest BCUT2D eigenvalue weighted by Gasteiger charge is 2.05. The lowest BCUT2D eigenvalue weighted by Crippen LogP contribution is -2.07. The fraction of sp³-hybridized carbons (Fsp3) is 0.444. The normalized spacial score (nSPS) is 8.73. The zero-order valence-corrected chi connectivity index (χ0v) is 8.87. The van der Waals surface area contributed by atoms with E-state index in [0.29, 0.717) is 12.5 Å². The molecule has 0 spiro atoms. The van der Waals surface area contributed by atoms with Crippen LogP contribution in [0, 0.1) is 11.8 Å². The van der Waals surface area contributed by atoms with Gasteiger partial charge in [0.05, 0.1) is 20.8 Å². The predicted octanol–water partition coefficient (Wildman–Crippen LogP) is 0.324. The molecule has 15 heavy (non-hydrogen) atoms. The summed E-state index contributed by atoms with van der Waals surface area (Å²) in [4.78, 5) is 11.8. The molecule has 0 aliphatic heterocycles. The quantitative estimate of drug-likeness (QED) is 0.719. The third kappa shape index (κ3) is 3.31. The number of ether oxygens (including phenoxy) is 2. The summed E-state index contributed by atoms with van der Waals surface area (Å²) < 4.78 is 9.77. The fourth-order valence-corrected chi connectivity index (χ4v) is 0.811. The maximum atomic E-state index is 4.89. The molecule has 0 fully saturated rings. The molecule has 0 unspecified atom stereocenters. The number of rotatable bonds is 4. The Balaban J connectivity index is 2.80. The first-order valence-electron chi connectivity index (χ1n) is 4.27. The van der Waals surface area contributed by atoms with E-state index in [1.807, 2.05) is 0 Å². The minimum atomic E-state index is 0.203. The number of nitrogens with zero attached hydrogens (tertiary/aromatic N) is 3. The Morgan fingerprint density at radius 1 is 1.13 bits per heavy atom. The summed E-state index contributed by atoms with van der Waals surface area (Å²) in [6.07, 6.45) is 0. The molecule has 80 valence electrons. The minimum absolute atomic E-state index is 0.203. The molecule has 0 aromatic carbocycles. The van der Waals surface area contributed by atoms with Crippen molar-refractivity contribution in [2.45, 2.75) is 6.92 Å². The Labute approximate surface area is 88.1 Å². The van der Waals surface area contributed by atoms with Gasteiger partial charge in [-0.25, -0.2) is 0 Å². The smallest absolute Gasteiger partial charge is 0.324 e. The zero-order chi connectivity index (χ0) is 11.1. The average molecular weight is 208 g/mol. The lowest BCUT2D eigenvalue weighted by atomic mass is 10.6. The van der Waals surface area contributed by atoms with Gasteiger partial charge in [-0.3, -0.25) is 0 Å². The molecule has 6 nitrogen and oxygen atoms in total. The van der Waals surface area contributed by atoms with Crippen LogP contribution in [0.15, 0.2) is 0 Å². The highest BCUT2D eigenvalue weighted by molar-refractivity contribution is 5.29. The SMILES string of the molecule is CC#CCNc1nc(OC)nc(OC)n1. The summed E-state index contributed by atoms with van der Waals surface area (Å²) in [6, 6.07) is 0.405. The van der Waals surface area contributed by atoms with Crippen molar-refractivity contribution in [2.75, 3.05) is 26.1 Å². The first-order chi connectivity index (χ1) is 7.30. The van der Waals surface area contributed by atoms with Crippen LogP contribution < -0.4 is 14.8 Å². The van der Waals surface area contributed by atoms with E-state index in [4.69, 9.17) is 9.47 Å². The molecule has 0 bridgehead atoms. The summed E-state index contributed by atoms with van der Waals surface area (Å²) >= 11 is 0. The van der Waals surface area contributed by atoms with Crippen molar-refractivity contribution >= 4 is 5.95 Å². The maximum Gasteiger partial charge on any atom is 0.324 e. The van der Waals surface area contributed by atoms with Gasteiger partial charge < -0.3 is 14.8 Å². The highest BCUT2D eigenvalue weighted by Crippen LogP contribution is 2.11. The molecule has 0 radical (unpaired) electrons. The van der Waals surface area contributed by atoms with Crippen LogP contribution in [0.3, 0.4) is 0 Å². The van der Waals surface area contributed by atoms with Gasteiger partial charge >= 0.3 is 12.0 Å². The van der Waals surface area contributed by atoms with Crippen molar-refractivity contribution < 1.29 is 9.47 Å². The summed E-state index contributed by atoms with van der Waals surface area (Å²) in [7, 11) is 2.95. The molecule has 0 saturated heterocycles. The van der Waals surface area contributed by atoms with Crippen LogP contribution in [0.4, 0.5) is 5.95 Å². The van der Waals surface area contributed by atoms with Crippen molar-refractivity contribution in [3.63, 3.8) is 0 Å². The lowest BCUT2D eigenvalue weighted by Gasteiger charge is -2.04. The monoisotopic (exact) mass is 208 g/mol. The average Bonchev–Trinajstić information content (AvgIpc) is 2.29. The van der Waals surface area contributed by atoms with Gasteiger partial charge in [-0.2, -0.15) is 9.97 Å². The largest absolute Gasteiger partial charge is 0.467 e. The Morgan fingerprint density at radius 3 is 2.20 bits per heavy atom. The third-order valence-corrected chi connectivity index (χ3v) is 1.47. The first-order valence-corrected chi connectivity index (χ1v) is 4.27. The van der Waals surface area contributed by atoms with Crippen LogP contribution in [-0.4, -0.2) is 35.7 Å². The van der Waals surface area contributed by atoms with Crippen molar-refractivity contribution in [1.82, 2.24) is 15.0 Å². The van der Waals surface area contributed by atoms with Gasteiger partial charge in [0.2, 0.25) is 5.95 Å². The second-order valence-corrected chi connectivity index (χ2v) is 2.41. The number of aromatic nitrogens is 3. The molecular formula is C9H12N4O2. The minimum Gasteiger partial charge on any atom is -0.467 e. The fourth-order valence-electron chi connectivity index (χ4n) is 0.811. The van der Waals surface area contributed by atoms with Gasteiger partial charge in [-0.05, 0) is 6.92 Å². The second kappa shape index (κ2) is 5.65. The van der Waals surface area contributed by atoms with Gasteiger partial charge in [0.25, 0.3) is 0 Å². The number of nitrogens with one attached hydrogen (secondary N) is 1. The van der Waals surface area contributed by atoms with Crippen LogP contribution in [0.1, 0.15) is 6.92 Å². The summed E-state index contributed by atoms with van der Waals surface area (Å²) in [5.41, 5.74) is 0. The van der Waals surface area contributed by atoms with E-state index >= 15 is 0 Å².